The monoisotopic (exact) mass is 1060 g/mol. The Morgan fingerprint density at radius 2 is 0.675 bits per heavy atom. The van der Waals surface area contributed by atoms with E-state index in [0.29, 0.717) is 17.6 Å². The maximum Gasteiger partial charge on any atom is 0.238 e. The molecule has 386 valence electrons. The molecule has 8 nitrogen and oxygen atoms in total. The van der Waals surface area contributed by atoms with Gasteiger partial charge in [-0.15, -0.1) is 0 Å². The van der Waals surface area contributed by atoms with Crippen LogP contribution in [0.25, 0.3) is 172 Å². The quantitative estimate of drug-likeness (QED) is 0.159. The highest BCUT2D eigenvalue weighted by molar-refractivity contribution is 6.23. The molecule has 8 heteroatoms. The van der Waals surface area contributed by atoms with Gasteiger partial charge in [-0.2, -0.15) is 9.97 Å². The van der Waals surface area contributed by atoms with E-state index >= 15 is 0 Å². The summed E-state index contributed by atoms with van der Waals surface area (Å²) in [4.78, 5) is 15.7. The minimum Gasteiger partial charge on any atom is -0.456 e. The average Bonchev–Trinajstić information content (AvgIpc) is 3.36. The van der Waals surface area contributed by atoms with Gasteiger partial charge in [-0.1, -0.05) is 164 Å². The van der Waals surface area contributed by atoms with Crippen molar-refractivity contribution in [3.63, 3.8) is 0 Å². The van der Waals surface area contributed by atoms with Crippen LogP contribution in [0.15, 0.2) is 276 Å². The van der Waals surface area contributed by atoms with Crippen LogP contribution >= 0.6 is 0 Å². The third kappa shape index (κ3) is 6.90. The van der Waals surface area contributed by atoms with Crippen molar-refractivity contribution in [3.8, 4) is 62.4 Å². The summed E-state index contributed by atoms with van der Waals surface area (Å²) in [7, 11) is 0. The normalized spacial score (nSPS) is 12.1. The summed E-state index contributed by atoms with van der Waals surface area (Å²) in [5.74, 6) is 1.75. The van der Waals surface area contributed by atoms with Crippen LogP contribution in [0.3, 0.4) is 0 Å². The molecular weight excluding hydrogens is 1020 g/mol. The molecule has 0 N–H and O–H groups in total. The van der Waals surface area contributed by atoms with E-state index in [1.165, 1.54) is 5.39 Å². The fourth-order valence-corrected chi connectivity index (χ4v) is 13.1. The Morgan fingerprint density at radius 1 is 0.241 bits per heavy atom. The zero-order valence-corrected chi connectivity index (χ0v) is 44.4. The molecule has 0 aliphatic carbocycles. The summed E-state index contributed by atoms with van der Waals surface area (Å²) in [5, 5.41) is 11.1. The second-order valence-electron chi connectivity index (χ2n) is 21.5. The van der Waals surface area contributed by atoms with Crippen LogP contribution in [0.2, 0.25) is 0 Å². The molecule has 0 aliphatic rings. The number of nitrogens with zero attached hydrogens (tertiary/aromatic N) is 6. The molecule has 0 aliphatic heterocycles. The summed E-state index contributed by atoms with van der Waals surface area (Å²) in [6.07, 6.45) is 0. The Labute approximate surface area is 473 Å². The van der Waals surface area contributed by atoms with Gasteiger partial charge in [0.25, 0.3) is 0 Å². The van der Waals surface area contributed by atoms with Gasteiger partial charge in [0, 0.05) is 76.4 Å². The maximum atomic E-state index is 6.69. The van der Waals surface area contributed by atoms with Crippen LogP contribution in [0.1, 0.15) is 0 Å². The predicted octanol–water partition coefficient (Wildman–Crippen LogP) is 19.6. The summed E-state index contributed by atoms with van der Waals surface area (Å²) >= 11 is 0. The number of benzene rings is 12. The van der Waals surface area contributed by atoms with E-state index < -0.39 is 0 Å². The minimum atomic E-state index is 0.545. The number of para-hydroxylation sites is 4. The van der Waals surface area contributed by atoms with Crippen LogP contribution in [-0.4, -0.2) is 28.7 Å². The fourth-order valence-electron chi connectivity index (χ4n) is 13.1. The molecule has 0 unspecified atom stereocenters. The molecule has 0 radical (unpaired) electrons. The lowest BCUT2D eigenvalue weighted by Crippen LogP contribution is -2.06. The molecule has 18 rings (SSSR count). The molecule has 0 spiro atoms. The van der Waals surface area contributed by atoms with E-state index in [1.54, 1.807) is 0 Å². The van der Waals surface area contributed by atoms with Gasteiger partial charge in [-0.05, 0) is 125 Å². The number of furan rings is 2. The van der Waals surface area contributed by atoms with E-state index in [1.807, 2.05) is 42.5 Å². The Balaban J connectivity index is 0.822. The number of hydrogen-bond donors (Lipinski definition) is 0. The van der Waals surface area contributed by atoms with Crippen molar-refractivity contribution in [3.05, 3.63) is 267 Å². The smallest absolute Gasteiger partial charge is 0.238 e. The lowest BCUT2D eigenvalue weighted by atomic mass is 9.98. The molecule has 0 bridgehead atoms. The van der Waals surface area contributed by atoms with Gasteiger partial charge in [0.2, 0.25) is 5.95 Å². The van der Waals surface area contributed by atoms with Crippen LogP contribution < -0.4 is 0 Å². The molecule has 6 aromatic heterocycles. The molecule has 0 saturated carbocycles. The molecule has 0 atom stereocenters. The van der Waals surface area contributed by atoms with Gasteiger partial charge in [-0.3, -0.25) is 4.57 Å². The molecule has 0 fully saturated rings. The molecule has 12 aromatic carbocycles. The van der Waals surface area contributed by atoms with E-state index in [2.05, 4.69) is 238 Å². The first kappa shape index (κ1) is 45.5. The van der Waals surface area contributed by atoms with E-state index in [-0.39, 0.29) is 0 Å². The van der Waals surface area contributed by atoms with Gasteiger partial charge in [0.05, 0.1) is 33.1 Å². The van der Waals surface area contributed by atoms with Crippen molar-refractivity contribution in [1.29, 1.82) is 0 Å². The van der Waals surface area contributed by atoms with Gasteiger partial charge in [0.1, 0.15) is 16.7 Å². The van der Waals surface area contributed by atoms with Gasteiger partial charge >= 0.3 is 0 Å². The first-order valence-corrected chi connectivity index (χ1v) is 28.0. The molecule has 18 aromatic rings. The molecule has 83 heavy (non-hydrogen) atoms. The van der Waals surface area contributed by atoms with Crippen molar-refractivity contribution in [2.75, 3.05) is 0 Å². The number of aromatic nitrogens is 6. The molecule has 6 heterocycles. The topological polar surface area (TPSA) is 79.7 Å². The van der Waals surface area contributed by atoms with Crippen molar-refractivity contribution in [2.24, 2.45) is 0 Å². The van der Waals surface area contributed by atoms with Gasteiger partial charge < -0.3 is 18.0 Å². The highest BCUT2D eigenvalue weighted by atomic mass is 16.3. The highest BCUT2D eigenvalue weighted by Gasteiger charge is 2.24. The van der Waals surface area contributed by atoms with E-state index in [9.17, 15) is 0 Å². The second kappa shape index (κ2) is 17.6. The van der Waals surface area contributed by atoms with Crippen LogP contribution in [0.4, 0.5) is 0 Å². The summed E-state index contributed by atoms with van der Waals surface area (Å²) in [5.41, 5.74) is 18.3. The lowest BCUT2D eigenvalue weighted by Gasteiger charge is -2.11. The van der Waals surface area contributed by atoms with Crippen LogP contribution in [-0.2, 0) is 0 Å². The summed E-state index contributed by atoms with van der Waals surface area (Å²) < 4.78 is 20.3. The average molecular weight is 1060 g/mol. The Hall–Kier alpha value is -11.4. The van der Waals surface area contributed by atoms with Crippen molar-refractivity contribution >= 4 is 109 Å². The Morgan fingerprint density at radius 3 is 1.30 bits per heavy atom. The summed E-state index contributed by atoms with van der Waals surface area (Å²) in [6, 6.07) is 94.5. The zero-order valence-electron chi connectivity index (χ0n) is 44.4. The standard InChI is InChI=1S/C75H44N6O2/c1-5-17-45(18-6-1)73-76-74(46-19-7-2-8-20-46)78-75(77-73)81-65-36-30-48(40-58(65)60-44-66-59(43-67(60)81)53-25-13-15-27-63(53)79(66)51-21-9-3-10-22-51)50-32-38-70-62(42-50)61-41-49(31-37-69(61)82-70)47-29-35-64-57(39-47)55-33-34-56-54-26-14-16-28-68(54)83-72(56)71(55)80(64)52-23-11-4-12-24-52/h1-44H. The van der Waals surface area contributed by atoms with Crippen molar-refractivity contribution in [2.45, 2.75) is 0 Å². The molecule has 0 saturated heterocycles. The van der Waals surface area contributed by atoms with Crippen molar-refractivity contribution < 1.29 is 8.83 Å². The maximum absolute atomic E-state index is 6.69. The largest absolute Gasteiger partial charge is 0.456 e. The number of rotatable bonds is 7. The van der Waals surface area contributed by atoms with E-state index in [0.717, 1.165) is 149 Å². The molecular formula is C75H44N6O2. The second-order valence-corrected chi connectivity index (χ2v) is 21.5. The van der Waals surface area contributed by atoms with Crippen LogP contribution in [0, 0.1) is 0 Å². The van der Waals surface area contributed by atoms with Gasteiger partial charge in [0.15, 0.2) is 17.2 Å². The third-order valence-electron chi connectivity index (χ3n) is 16.9. The minimum absolute atomic E-state index is 0.545. The first-order chi connectivity index (χ1) is 41.1. The fraction of sp³-hybridized carbons (Fsp3) is 0. The SMILES string of the molecule is c1ccc(-c2nc(-c3ccccc3)nc(-n3c4ccc(-c5ccc6oc7ccc(-c8ccc9c(c8)c8ccc%10c%11ccccc%11oc%10c8n9-c8ccccc8)cc7c6c5)cc4c4cc5c(cc43)c3ccccc3n5-c3ccccc3)n2)cc1. The van der Waals surface area contributed by atoms with Gasteiger partial charge in [-0.25, -0.2) is 4.98 Å². The predicted molar refractivity (Wildman–Crippen MR) is 339 cm³/mol. The Kier molecular flexibility index (Phi) is 9.64. The van der Waals surface area contributed by atoms with Crippen LogP contribution in [0.5, 0.6) is 0 Å². The van der Waals surface area contributed by atoms with E-state index in [4.69, 9.17) is 23.8 Å². The molecule has 0 amide bonds. The highest BCUT2D eigenvalue weighted by Crippen LogP contribution is 2.45. The zero-order chi connectivity index (χ0) is 54.3. The van der Waals surface area contributed by atoms with Crippen molar-refractivity contribution in [1.82, 2.24) is 28.7 Å². The summed E-state index contributed by atoms with van der Waals surface area (Å²) in [6.45, 7) is 0. The lowest BCUT2D eigenvalue weighted by molar-refractivity contribution is 0.669. The first-order valence-electron chi connectivity index (χ1n) is 28.0. The Bertz CT molecular complexity index is 5620. The third-order valence-corrected chi connectivity index (χ3v) is 16.9. The number of hydrogen-bond acceptors (Lipinski definition) is 5. The number of fused-ring (bicyclic) bond motifs is 16.